The van der Waals surface area contributed by atoms with Gasteiger partial charge in [0.2, 0.25) is 0 Å². The van der Waals surface area contributed by atoms with Gasteiger partial charge in [0.05, 0.1) is 22.8 Å². The summed E-state index contributed by atoms with van der Waals surface area (Å²) in [6.07, 6.45) is 0.403. The van der Waals surface area contributed by atoms with Crippen molar-refractivity contribution in [3.63, 3.8) is 0 Å². The van der Waals surface area contributed by atoms with Gasteiger partial charge in [0.15, 0.2) is 11.6 Å². The highest BCUT2D eigenvalue weighted by Gasteiger charge is 2.26. The predicted molar refractivity (Wildman–Crippen MR) is 123 cm³/mol. The molecule has 3 aromatic rings. The van der Waals surface area contributed by atoms with E-state index in [9.17, 15) is 19.1 Å². The minimum absolute atomic E-state index is 0.169. The molecule has 1 aliphatic heterocycles. The summed E-state index contributed by atoms with van der Waals surface area (Å²) in [5.74, 6) is -1.37. The van der Waals surface area contributed by atoms with Crippen LogP contribution in [0.2, 0.25) is 5.02 Å². The van der Waals surface area contributed by atoms with Crippen molar-refractivity contribution in [2.45, 2.75) is 13.3 Å². The highest BCUT2D eigenvalue weighted by atomic mass is 35.5. The number of amides is 2. The van der Waals surface area contributed by atoms with Crippen molar-refractivity contribution in [1.82, 2.24) is 14.8 Å². The smallest absolute Gasteiger partial charge is 0.409 e. The summed E-state index contributed by atoms with van der Waals surface area (Å²) in [4.78, 5) is 32.9. The molecule has 1 fully saturated rings. The molecule has 1 saturated heterocycles. The number of halogens is 2. The van der Waals surface area contributed by atoms with E-state index in [1.165, 1.54) is 12.1 Å². The quantitative estimate of drug-likeness (QED) is 0.596. The lowest BCUT2D eigenvalue weighted by molar-refractivity contribution is 0.0560. The second-order valence-electron chi connectivity index (χ2n) is 7.78. The molecule has 4 rings (SSSR count). The molecule has 2 heterocycles. The Morgan fingerprint density at radius 1 is 1.09 bits per heavy atom. The van der Waals surface area contributed by atoms with Crippen LogP contribution in [0.5, 0.6) is 5.75 Å². The summed E-state index contributed by atoms with van der Waals surface area (Å²) in [7, 11) is 0. The molecule has 0 bridgehead atoms. The lowest BCUT2D eigenvalue weighted by Crippen LogP contribution is -2.50. The SMILES string of the molecule is CCCOC(=O)N1CCN(C(=O)c2ccc3c(Cl)cc(-c4ccc(O)c(F)c4)nc3c2)CC1. The zero-order chi connectivity index (χ0) is 23.5. The second-order valence-corrected chi connectivity index (χ2v) is 8.19. The normalized spacial score (nSPS) is 13.9. The van der Waals surface area contributed by atoms with Crippen LogP contribution in [0.25, 0.3) is 22.2 Å². The first-order valence-electron chi connectivity index (χ1n) is 10.7. The molecule has 1 aromatic heterocycles. The number of rotatable bonds is 4. The van der Waals surface area contributed by atoms with Gasteiger partial charge in [-0.2, -0.15) is 0 Å². The fraction of sp³-hybridized carbons (Fsp3) is 0.292. The predicted octanol–water partition coefficient (Wildman–Crippen LogP) is 4.70. The molecule has 0 unspecified atom stereocenters. The Bertz CT molecular complexity index is 1210. The van der Waals surface area contributed by atoms with Crippen molar-refractivity contribution >= 4 is 34.5 Å². The fourth-order valence-electron chi connectivity index (χ4n) is 3.69. The van der Waals surface area contributed by atoms with Gasteiger partial charge in [0, 0.05) is 42.7 Å². The number of aromatic hydroxyl groups is 1. The molecule has 2 amide bonds. The van der Waals surface area contributed by atoms with Crippen LogP contribution in [0.1, 0.15) is 23.7 Å². The van der Waals surface area contributed by atoms with Gasteiger partial charge in [0.25, 0.3) is 5.91 Å². The van der Waals surface area contributed by atoms with E-state index in [0.717, 1.165) is 6.42 Å². The molecule has 0 aliphatic carbocycles. The van der Waals surface area contributed by atoms with E-state index in [-0.39, 0.29) is 12.0 Å². The van der Waals surface area contributed by atoms with Crippen LogP contribution >= 0.6 is 11.6 Å². The molecule has 0 saturated carbocycles. The van der Waals surface area contributed by atoms with Crippen molar-refractivity contribution in [3.05, 3.63) is 58.9 Å². The molecule has 33 heavy (non-hydrogen) atoms. The first-order valence-corrected chi connectivity index (χ1v) is 11.1. The Balaban J connectivity index is 1.54. The van der Waals surface area contributed by atoms with Crippen LogP contribution in [0.15, 0.2) is 42.5 Å². The number of pyridine rings is 1. The minimum Gasteiger partial charge on any atom is -0.505 e. The van der Waals surface area contributed by atoms with Crippen LogP contribution in [-0.2, 0) is 4.74 Å². The molecule has 1 aliphatic rings. The summed E-state index contributed by atoms with van der Waals surface area (Å²) in [5.41, 5.74) is 1.83. The Morgan fingerprint density at radius 3 is 2.52 bits per heavy atom. The number of carbonyl (C=O) groups excluding carboxylic acids is 2. The summed E-state index contributed by atoms with van der Waals surface area (Å²) < 4.78 is 19.0. The number of piperazine rings is 1. The minimum atomic E-state index is -0.757. The maximum Gasteiger partial charge on any atom is 0.409 e. The number of nitrogens with zero attached hydrogens (tertiary/aromatic N) is 3. The number of carbonyl (C=O) groups is 2. The van der Waals surface area contributed by atoms with Gasteiger partial charge in [-0.25, -0.2) is 14.2 Å². The molecular weight excluding hydrogens is 449 g/mol. The van der Waals surface area contributed by atoms with Gasteiger partial charge in [0.1, 0.15) is 0 Å². The third kappa shape index (κ3) is 4.85. The first-order chi connectivity index (χ1) is 15.9. The van der Waals surface area contributed by atoms with Gasteiger partial charge in [-0.3, -0.25) is 4.79 Å². The number of aromatic nitrogens is 1. The molecular formula is C24H23ClFN3O4. The van der Waals surface area contributed by atoms with Crippen molar-refractivity contribution < 1.29 is 23.8 Å². The Kier molecular flexibility index (Phi) is 6.65. The Hall–Kier alpha value is -3.39. The highest BCUT2D eigenvalue weighted by molar-refractivity contribution is 6.35. The number of phenolic OH excluding ortho intramolecular Hbond substituents is 1. The van der Waals surface area contributed by atoms with E-state index in [1.54, 1.807) is 40.1 Å². The maximum atomic E-state index is 13.8. The average Bonchev–Trinajstić information content (AvgIpc) is 2.83. The molecule has 0 radical (unpaired) electrons. The van der Waals surface area contributed by atoms with Crippen molar-refractivity contribution in [3.8, 4) is 17.0 Å². The van der Waals surface area contributed by atoms with E-state index in [1.807, 2.05) is 6.92 Å². The number of fused-ring (bicyclic) bond motifs is 1. The topological polar surface area (TPSA) is 83.0 Å². The summed E-state index contributed by atoms with van der Waals surface area (Å²) in [6, 6.07) is 10.7. The zero-order valence-corrected chi connectivity index (χ0v) is 18.8. The number of ether oxygens (including phenoxy) is 1. The summed E-state index contributed by atoms with van der Waals surface area (Å²) in [5, 5.41) is 10.5. The summed E-state index contributed by atoms with van der Waals surface area (Å²) in [6.45, 7) is 3.92. The van der Waals surface area contributed by atoms with Crippen LogP contribution < -0.4 is 0 Å². The molecule has 7 nitrogen and oxygen atoms in total. The molecule has 2 aromatic carbocycles. The second kappa shape index (κ2) is 9.62. The first kappa shape index (κ1) is 22.8. The monoisotopic (exact) mass is 471 g/mol. The van der Waals surface area contributed by atoms with Gasteiger partial charge in [-0.1, -0.05) is 24.6 Å². The third-order valence-corrected chi connectivity index (χ3v) is 5.82. The van der Waals surface area contributed by atoms with Crippen molar-refractivity contribution in [2.75, 3.05) is 32.8 Å². The maximum absolute atomic E-state index is 13.8. The Labute approximate surface area is 195 Å². The molecule has 0 spiro atoms. The van der Waals surface area contributed by atoms with E-state index >= 15 is 0 Å². The highest BCUT2D eigenvalue weighted by Crippen LogP contribution is 2.30. The van der Waals surface area contributed by atoms with Crippen LogP contribution in [0, 0.1) is 5.82 Å². The lowest BCUT2D eigenvalue weighted by Gasteiger charge is -2.34. The molecule has 1 N–H and O–H groups in total. The molecule has 9 heteroatoms. The lowest BCUT2D eigenvalue weighted by atomic mass is 10.1. The van der Waals surface area contributed by atoms with Gasteiger partial charge < -0.3 is 19.6 Å². The van der Waals surface area contributed by atoms with Gasteiger partial charge in [-0.05, 0) is 42.8 Å². The van der Waals surface area contributed by atoms with Crippen LogP contribution in [0.4, 0.5) is 9.18 Å². The fourth-order valence-corrected chi connectivity index (χ4v) is 3.95. The van der Waals surface area contributed by atoms with Gasteiger partial charge >= 0.3 is 6.09 Å². The van der Waals surface area contributed by atoms with E-state index in [2.05, 4.69) is 4.98 Å². The van der Waals surface area contributed by atoms with Crippen LogP contribution in [-0.4, -0.2) is 64.7 Å². The molecule has 0 atom stereocenters. The largest absolute Gasteiger partial charge is 0.505 e. The van der Waals surface area contributed by atoms with Crippen molar-refractivity contribution in [2.24, 2.45) is 0 Å². The zero-order valence-electron chi connectivity index (χ0n) is 18.1. The average molecular weight is 472 g/mol. The van der Waals surface area contributed by atoms with Crippen molar-refractivity contribution in [1.29, 1.82) is 0 Å². The van der Waals surface area contributed by atoms with E-state index in [0.29, 0.717) is 65.5 Å². The number of benzene rings is 2. The number of phenols is 1. The van der Waals surface area contributed by atoms with Gasteiger partial charge in [-0.15, -0.1) is 0 Å². The third-order valence-electron chi connectivity index (χ3n) is 5.50. The Morgan fingerprint density at radius 2 is 1.82 bits per heavy atom. The van der Waals surface area contributed by atoms with E-state index in [4.69, 9.17) is 16.3 Å². The number of hydrogen-bond donors (Lipinski definition) is 1. The standard InChI is InChI=1S/C24H23ClFN3O4/c1-2-11-33-24(32)29-9-7-28(8-10-29)23(31)16-3-5-17-18(25)14-20(27-21(17)13-16)15-4-6-22(30)19(26)12-15/h3-6,12-14,30H,2,7-11H2,1H3. The number of hydrogen-bond acceptors (Lipinski definition) is 5. The van der Waals surface area contributed by atoms with E-state index < -0.39 is 11.6 Å². The molecule has 172 valence electrons. The van der Waals surface area contributed by atoms with Crippen LogP contribution in [0.3, 0.4) is 0 Å². The summed E-state index contributed by atoms with van der Waals surface area (Å²) >= 11 is 6.42.